The summed E-state index contributed by atoms with van der Waals surface area (Å²) in [4.78, 5) is 16.8. The van der Waals surface area contributed by atoms with Crippen molar-refractivity contribution in [3.05, 3.63) is 40.4 Å². The fourth-order valence-corrected chi connectivity index (χ4v) is 5.61. The SMILES string of the molecule is N#Cc1cc(NC(=O)c2c(Cl)c(NS(=O)(=O)N3CCC(O)CC3)c3n2CCC3)ccn1. The van der Waals surface area contributed by atoms with Crippen LogP contribution < -0.4 is 10.0 Å². The van der Waals surface area contributed by atoms with Gasteiger partial charge in [0.15, 0.2) is 0 Å². The van der Waals surface area contributed by atoms with Crippen LogP contribution in [0.2, 0.25) is 5.02 Å². The maximum Gasteiger partial charge on any atom is 0.301 e. The lowest BCUT2D eigenvalue weighted by Crippen LogP contribution is -2.42. The third-order valence-electron chi connectivity index (χ3n) is 5.45. The molecule has 4 rings (SSSR count). The van der Waals surface area contributed by atoms with E-state index in [-0.39, 0.29) is 35.2 Å². The zero-order valence-corrected chi connectivity index (χ0v) is 18.1. The number of rotatable bonds is 5. The third-order valence-corrected chi connectivity index (χ3v) is 7.32. The fraction of sp³-hybridized carbons (Fsp3) is 0.421. The van der Waals surface area contributed by atoms with Gasteiger partial charge in [0.1, 0.15) is 17.5 Å². The summed E-state index contributed by atoms with van der Waals surface area (Å²) >= 11 is 6.50. The van der Waals surface area contributed by atoms with E-state index in [9.17, 15) is 18.3 Å². The van der Waals surface area contributed by atoms with Gasteiger partial charge in [-0.3, -0.25) is 9.52 Å². The van der Waals surface area contributed by atoms with Crippen molar-refractivity contribution < 1.29 is 18.3 Å². The van der Waals surface area contributed by atoms with Crippen molar-refractivity contribution >= 4 is 39.1 Å². The topological polar surface area (TPSA) is 140 Å². The molecule has 12 heteroatoms. The molecule has 1 saturated heterocycles. The van der Waals surface area contributed by atoms with Gasteiger partial charge in [0.25, 0.3) is 5.91 Å². The summed E-state index contributed by atoms with van der Waals surface area (Å²) < 4.78 is 31.3. The normalized spacial score (nSPS) is 17.2. The maximum absolute atomic E-state index is 13.0. The third kappa shape index (κ3) is 4.24. The van der Waals surface area contributed by atoms with E-state index in [4.69, 9.17) is 16.9 Å². The average molecular weight is 465 g/mol. The van der Waals surface area contributed by atoms with Gasteiger partial charge in [0.2, 0.25) is 0 Å². The molecule has 2 aromatic heterocycles. The van der Waals surface area contributed by atoms with Gasteiger partial charge in [-0.2, -0.15) is 18.0 Å². The standard InChI is InChI=1S/C19H21ClN6O4S/c20-16-17(24-31(29,30)25-8-4-14(27)5-9-25)15-2-1-7-26(15)18(16)19(28)23-12-3-6-22-13(10-12)11-21/h3,6,10,14,24,27H,1-2,4-5,7-9H2,(H,22,23,28). The van der Waals surface area contributed by atoms with Crippen molar-refractivity contribution in [1.29, 1.82) is 5.26 Å². The highest BCUT2D eigenvalue weighted by molar-refractivity contribution is 7.90. The van der Waals surface area contributed by atoms with E-state index >= 15 is 0 Å². The average Bonchev–Trinajstić information content (AvgIpc) is 3.30. The fourth-order valence-electron chi connectivity index (χ4n) is 3.91. The number of aromatic nitrogens is 2. The summed E-state index contributed by atoms with van der Waals surface area (Å²) in [5.74, 6) is -0.505. The Hall–Kier alpha value is -2.65. The Balaban J connectivity index is 1.62. The lowest BCUT2D eigenvalue weighted by Gasteiger charge is -2.29. The molecule has 0 unspecified atom stereocenters. The Bertz CT molecular complexity index is 1160. The number of amides is 1. The van der Waals surface area contributed by atoms with Crippen LogP contribution in [0.15, 0.2) is 18.3 Å². The molecule has 0 aliphatic carbocycles. The molecule has 2 aliphatic rings. The number of aliphatic hydroxyl groups excluding tert-OH is 1. The number of piperidine rings is 1. The largest absolute Gasteiger partial charge is 0.393 e. The number of carbonyl (C=O) groups is 1. The van der Waals surface area contributed by atoms with Crippen molar-refractivity contribution in [1.82, 2.24) is 13.9 Å². The molecule has 4 heterocycles. The van der Waals surface area contributed by atoms with Crippen LogP contribution in [-0.4, -0.2) is 52.5 Å². The quantitative estimate of drug-likeness (QED) is 0.615. The number of anilines is 2. The molecule has 0 bridgehead atoms. The van der Waals surface area contributed by atoms with Gasteiger partial charge in [-0.1, -0.05) is 11.6 Å². The number of fused-ring (bicyclic) bond motifs is 1. The summed E-state index contributed by atoms with van der Waals surface area (Å²) in [7, 11) is -3.89. The Morgan fingerprint density at radius 3 is 2.77 bits per heavy atom. The van der Waals surface area contributed by atoms with Gasteiger partial charge in [-0.05, 0) is 37.8 Å². The molecule has 0 saturated carbocycles. The van der Waals surface area contributed by atoms with Crippen molar-refractivity contribution in [3.63, 3.8) is 0 Å². The minimum Gasteiger partial charge on any atom is -0.393 e. The minimum atomic E-state index is -3.89. The molecule has 0 spiro atoms. The van der Waals surface area contributed by atoms with Gasteiger partial charge in [-0.25, -0.2) is 4.98 Å². The predicted molar refractivity (Wildman–Crippen MR) is 114 cm³/mol. The first-order valence-corrected chi connectivity index (χ1v) is 11.7. The van der Waals surface area contributed by atoms with Crippen LogP contribution in [0.3, 0.4) is 0 Å². The van der Waals surface area contributed by atoms with Crippen molar-refractivity contribution in [2.45, 2.75) is 38.3 Å². The molecule has 2 aliphatic heterocycles. The lowest BCUT2D eigenvalue weighted by atomic mass is 10.1. The number of nitrogens with zero attached hydrogens (tertiary/aromatic N) is 4. The van der Waals surface area contributed by atoms with Crippen molar-refractivity contribution in [3.8, 4) is 6.07 Å². The van der Waals surface area contributed by atoms with Gasteiger partial charge < -0.3 is 15.0 Å². The number of nitriles is 1. The molecule has 164 valence electrons. The van der Waals surface area contributed by atoms with E-state index in [1.54, 1.807) is 10.6 Å². The van der Waals surface area contributed by atoms with Gasteiger partial charge in [0.05, 0.1) is 16.8 Å². The second-order valence-electron chi connectivity index (χ2n) is 7.47. The number of aliphatic hydroxyl groups is 1. The molecule has 31 heavy (non-hydrogen) atoms. The highest BCUT2D eigenvalue weighted by atomic mass is 35.5. The Morgan fingerprint density at radius 1 is 1.32 bits per heavy atom. The van der Waals surface area contributed by atoms with Gasteiger partial charge in [-0.15, -0.1) is 0 Å². The lowest BCUT2D eigenvalue weighted by molar-refractivity contribution is 0.101. The van der Waals surface area contributed by atoms with Crippen molar-refractivity contribution in [2.24, 2.45) is 0 Å². The molecule has 0 atom stereocenters. The van der Waals surface area contributed by atoms with Gasteiger partial charge >= 0.3 is 10.2 Å². The van der Waals surface area contributed by atoms with Crippen LogP contribution in [0.4, 0.5) is 11.4 Å². The molecular formula is C19H21ClN6O4S. The Labute approximate surface area is 184 Å². The summed E-state index contributed by atoms with van der Waals surface area (Å²) in [5, 5.41) is 21.4. The van der Waals surface area contributed by atoms with E-state index in [1.807, 2.05) is 6.07 Å². The number of nitrogens with one attached hydrogen (secondary N) is 2. The Kier molecular flexibility index (Phi) is 5.90. The maximum atomic E-state index is 13.0. The molecular weight excluding hydrogens is 444 g/mol. The smallest absolute Gasteiger partial charge is 0.301 e. The Morgan fingerprint density at radius 2 is 2.06 bits per heavy atom. The first kappa shape index (κ1) is 21.6. The molecule has 0 radical (unpaired) electrons. The van der Waals surface area contributed by atoms with E-state index in [1.165, 1.54) is 16.6 Å². The van der Waals surface area contributed by atoms with Crippen LogP contribution in [0.1, 0.15) is 41.1 Å². The number of halogens is 1. The highest BCUT2D eigenvalue weighted by Gasteiger charge is 2.33. The number of pyridine rings is 1. The number of carbonyl (C=O) groups excluding carboxylic acids is 1. The predicted octanol–water partition coefficient (Wildman–Crippen LogP) is 1.72. The molecule has 10 nitrogen and oxygen atoms in total. The van der Waals surface area contributed by atoms with Gasteiger partial charge in [0, 0.05) is 37.2 Å². The first-order valence-electron chi connectivity index (χ1n) is 9.84. The number of hydrogen-bond donors (Lipinski definition) is 3. The van der Waals surface area contributed by atoms with E-state index < -0.39 is 22.2 Å². The molecule has 1 fully saturated rings. The van der Waals surface area contributed by atoms with Crippen molar-refractivity contribution in [2.75, 3.05) is 23.1 Å². The van der Waals surface area contributed by atoms with Crippen LogP contribution in [0, 0.1) is 11.3 Å². The summed E-state index contributed by atoms with van der Waals surface area (Å²) in [6.45, 7) is 0.955. The molecule has 2 aromatic rings. The van der Waals surface area contributed by atoms with Crippen LogP contribution in [0.25, 0.3) is 0 Å². The summed E-state index contributed by atoms with van der Waals surface area (Å²) in [6, 6.07) is 4.90. The monoisotopic (exact) mass is 464 g/mol. The molecule has 1 amide bonds. The first-order chi connectivity index (χ1) is 14.8. The summed E-state index contributed by atoms with van der Waals surface area (Å²) in [5.41, 5.74) is 1.57. The molecule has 3 N–H and O–H groups in total. The van der Waals surface area contributed by atoms with E-state index in [0.29, 0.717) is 37.2 Å². The van der Waals surface area contributed by atoms with E-state index in [2.05, 4.69) is 15.0 Å². The second-order valence-corrected chi connectivity index (χ2v) is 9.52. The molecule has 0 aromatic carbocycles. The summed E-state index contributed by atoms with van der Waals surface area (Å²) in [6.07, 6.45) is 2.98. The zero-order valence-electron chi connectivity index (χ0n) is 16.5. The van der Waals surface area contributed by atoms with Crippen LogP contribution in [-0.2, 0) is 23.2 Å². The number of hydrogen-bond acceptors (Lipinski definition) is 6. The second kappa shape index (κ2) is 8.47. The minimum absolute atomic E-state index is 0.0300. The highest BCUT2D eigenvalue weighted by Crippen LogP contribution is 2.38. The zero-order chi connectivity index (χ0) is 22.2. The van der Waals surface area contributed by atoms with Crippen LogP contribution >= 0.6 is 11.6 Å². The van der Waals surface area contributed by atoms with E-state index in [0.717, 1.165) is 6.42 Å². The van der Waals surface area contributed by atoms with Crippen LogP contribution in [0.5, 0.6) is 0 Å².